The van der Waals surface area contributed by atoms with Crippen molar-refractivity contribution in [3.8, 4) is 0 Å². The van der Waals surface area contributed by atoms with Crippen LogP contribution in [0.5, 0.6) is 0 Å². The highest BCUT2D eigenvalue weighted by atomic mass is 15.3. The van der Waals surface area contributed by atoms with Crippen molar-refractivity contribution in [3.05, 3.63) is 47.7 Å². The minimum absolute atomic E-state index is 0.600. The average molecular weight is 201 g/mol. The molecule has 1 aromatic carbocycles. The molecule has 78 valence electrons. The van der Waals surface area contributed by atoms with Crippen LogP contribution in [0.3, 0.4) is 0 Å². The Morgan fingerprint density at radius 2 is 2.00 bits per heavy atom. The van der Waals surface area contributed by atoms with Crippen LogP contribution in [-0.4, -0.2) is 9.78 Å². The quantitative estimate of drug-likeness (QED) is 0.826. The number of aryl methyl sites for hydroxylation is 1. The molecule has 0 amide bonds. The second kappa shape index (κ2) is 4.17. The summed E-state index contributed by atoms with van der Waals surface area (Å²) in [7, 11) is 0. The van der Waals surface area contributed by atoms with Gasteiger partial charge in [0.05, 0.1) is 6.54 Å². The predicted octanol–water partition coefficient (Wildman–Crippen LogP) is 2.08. The average Bonchev–Trinajstić information content (AvgIpc) is 2.60. The van der Waals surface area contributed by atoms with Gasteiger partial charge in [0.2, 0.25) is 0 Å². The Kier molecular flexibility index (Phi) is 2.72. The SMILES string of the molecule is CCc1cc(N)nn1Cc1ccccc1. The largest absolute Gasteiger partial charge is 0.382 e. The number of rotatable bonds is 3. The van der Waals surface area contributed by atoms with Gasteiger partial charge in [0.25, 0.3) is 0 Å². The monoisotopic (exact) mass is 201 g/mol. The van der Waals surface area contributed by atoms with Crippen molar-refractivity contribution >= 4 is 5.82 Å². The second-order valence-electron chi connectivity index (χ2n) is 3.56. The van der Waals surface area contributed by atoms with Gasteiger partial charge in [0, 0.05) is 11.8 Å². The van der Waals surface area contributed by atoms with Crippen molar-refractivity contribution in [2.75, 3.05) is 5.73 Å². The minimum Gasteiger partial charge on any atom is -0.382 e. The molecule has 0 aliphatic heterocycles. The Morgan fingerprint density at radius 1 is 1.27 bits per heavy atom. The number of hydrogen-bond donors (Lipinski definition) is 1. The molecule has 2 N–H and O–H groups in total. The topological polar surface area (TPSA) is 43.8 Å². The minimum atomic E-state index is 0.600. The number of aromatic nitrogens is 2. The van der Waals surface area contributed by atoms with E-state index in [4.69, 9.17) is 5.73 Å². The molecule has 3 nitrogen and oxygen atoms in total. The van der Waals surface area contributed by atoms with E-state index < -0.39 is 0 Å². The molecule has 1 aromatic heterocycles. The van der Waals surface area contributed by atoms with Gasteiger partial charge in [0.15, 0.2) is 0 Å². The maximum atomic E-state index is 5.68. The zero-order chi connectivity index (χ0) is 10.7. The maximum absolute atomic E-state index is 5.68. The van der Waals surface area contributed by atoms with Gasteiger partial charge in [-0.05, 0) is 12.0 Å². The molecular formula is C12H15N3. The van der Waals surface area contributed by atoms with E-state index in [-0.39, 0.29) is 0 Å². The zero-order valence-electron chi connectivity index (χ0n) is 8.85. The van der Waals surface area contributed by atoms with Crippen LogP contribution in [0.1, 0.15) is 18.2 Å². The normalized spacial score (nSPS) is 10.5. The van der Waals surface area contributed by atoms with Crippen LogP contribution in [-0.2, 0) is 13.0 Å². The van der Waals surface area contributed by atoms with Gasteiger partial charge in [-0.3, -0.25) is 4.68 Å². The molecule has 1 heterocycles. The van der Waals surface area contributed by atoms with Crippen molar-refractivity contribution in [2.45, 2.75) is 19.9 Å². The van der Waals surface area contributed by atoms with E-state index in [1.165, 1.54) is 11.3 Å². The molecule has 15 heavy (non-hydrogen) atoms. The number of benzene rings is 1. The zero-order valence-corrected chi connectivity index (χ0v) is 8.85. The highest BCUT2D eigenvalue weighted by Gasteiger charge is 2.03. The van der Waals surface area contributed by atoms with E-state index in [2.05, 4.69) is 24.2 Å². The van der Waals surface area contributed by atoms with E-state index in [1.54, 1.807) is 0 Å². The first-order valence-electron chi connectivity index (χ1n) is 5.15. The van der Waals surface area contributed by atoms with E-state index >= 15 is 0 Å². The molecule has 0 spiro atoms. The van der Waals surface area contributed by atoms with E-state index in [9.17, 15) is 0 Å². The van der Waals surface area contributed by atoms with Crippen LogP contribution in [0.2, 0.25) is 0 Å². The summed E-state index contributed by atoms with van der Waals surface area (Å²) in [5, 5.41) is 4.27. The number of nitrogen functional groups attached to an aromatic ring is 1. The van der Waals surface area contributed by atoms with Crippen molar-refractivity contribution < 1.29 is 0 Å². The molecule has 2 rings (SSSR count). The standard InChI is InChI=1S/C12H15N3/c1-2-11-8-12(13)14-15(11)9-10-6-4-3-5-7-10/h3-8H,2,9H2,1H3,(H2,13,14). The third-order valence-electron chi connectivity index (χ3n) is 2.42. The summed E-state index contributed by atoms with van der Waals surface area (Å²) in [5.41, 5.74) is 8.10. The van der Waals surface area contributed by atoms with Gasteiger partial charge < -0.3 is 5.73 Å². The van der Waals surface area contributed by atoms with Crippen LogP contribution in [0.25, 0.3) is 0 Å². The van der Waals surface area contributed by atoms with Gasteiger partial charge in [-0.1, -0.05) is 37.3 Å². The molecule has 0 aliphatic carbocycles. The summed E-state index contributed by atoms with van der Waals surface area (Å²) >= 11 is 0. The number of nitrogens with two attached hydrogens (primary N) is 1. The Morgan fingerprint density at radius 3 is 2.67 bits per heavy atom. The first-order chi connectivity index (χ1) is 7.29. The van der Waals surface area contributed by atoms with Gasteiger partial charge in [-0.25, -0.2) is 0 Å². The summed E-state index contributed by atoms with van der Waals surface area (Å²) in [6.45, 7) is 2.90. The van der Waals surface area contributed by atoms with Crippen LogP contribution in [0.4, 0.5) is 5.82 Å². The highest BCUT2D eigenvalue weighted by molar-refractivity contribution is 5.30. The first-order valence-corrected chi connectivity index (χ1v) is 5.15. The lowest BCUT2D eigenvalue weighted by atomic mass is 10.2. The van der Waals surface area contributed by atoms with Gasteiger partial charge in [0.1, 0.15) is 5.82 Å². The molecule has 0 unspecified atom stereocenters. The Hall–Kier alpha value is -1.77. The molecule has 0 saturated heterocycles. The van der Waals surface area contributed by atoms with Gasteiger partial charge >= 0.3 is 0 Å². The molecule has 0 atom stereocenters. The van der Waals surface area contributed by atoms with Gasteiger partial charge in [-0.2, -0.15) is 5.10 Å². The summed E-state index contributed by atoms with van der Waals surface area (Å²) < 4.78 is 1.96. The summed E-state index contributed by atoms with van der Waals surface area (Å²) in [6, 6.07) is 12.2. The van der Waals surface area contributed by atoms with E-state index in [0.29, 0.717) is 5.82 Å². The van der Waals surface area contributed by atoms with E-state index in [0.717, 1.165) is 13.0 Å². The predicted molar refractivity (Wildman–Crippen MR) is 61.6 cm³/mol. The number of nitrogens with zero attached hydrogens (tertiary/aromatic N) is 2. The Bertz CT molecular complexity index is 431. The summed E-state index contributed by atoms with van der Waals surface area (Å²) in [5.74, 6) is 0.600. The third kappa shape index (κ3) is 2.18. The number of hydrogen-bond acceptors (Lipinski definition) is 2. The Labute approximate surface area is 89.5 Å². The lowest BCUT2D eigenvalue weighted by Gasteiger charge is -2.05. The number of anilines is 1. The van der Waals surface area contributed by atoms with Crippen molar-refractivity contribution in [1.82, 2.24) is 9.78 Å². The smallest absolute Gasteiger partial charge is 0.145 e. The van der Waals surface area contributed by atoms with Crippen LogP contribution in [0, 0.1) is 0 Å². The molecule has 2 aromatic rings. The molecule has 0 radical (unpaired) electrons. The molecule has 3 heteroatoms. The lowest BCUT2D eigenvalue weighted by molar-refractivity contribution is 0.652. The fourth-order valence-electron chi connectivity index (χ4n) is 1.66. The summed E-state index contributed by atoms with van der Waals surface area (Å²) in [6.07, 6.45) is 0.955. The lowest BCUT2D eigenvalue weighted by Crippen LogP contribution is -2.05. The van der Waals surface area contributed by atoms with Crippen LogP contribution in [0.15, 0.2) is 36.4 Å². The van der Waals surface area contributed by atoms with Gasteiger partial charge in [-0.15, -0.1) is 0 Å². The van der Waals surface area contributed by atoms with Crippen molar-refractivity contribution in [3.63, 3.8) is 0 Å². The molecule has 0 bridgehead atoms. The summed E-state index contributed by atoms with van der Waals surface area (Å²) in [4.78, 5) is 0. The Balaban J connectivity index is 2.24. The second-order valence-corrected chi connectivity index (χ2v) is 3.56. The van der Waals surface area contributed by atoms with Crippen LogP contribution < -0.4 is 5.73 Å². The van der Waals surface area contributed by atoms with Crippen LogP contribution >= 0.6 is 0 Å². The molecule has 0 fully saturated rings. The van der Waals surface area contributed by atoms with E-state index in [1.807, 2.05) is 28.9 Å². The fourth-order valence-corrected chi connectivity index (χ4v) is 1.66. The molecular weight excluding hydrogens is 186 g/mol. The van der Waals surface area contributed by atoms with Crippen molar-refractivity contribution in [1.29, 1.82) is 0 Å². The van der Waals surface area contributed by atoms with Crippen molar-refractivity contribution in [2.24, 2.45) is 0 Å². The third-order valence-corrected chi connectivity index (χ3v) is 2.42. The molecule has 0 saturated carbocycles. The first kappa shape index (κ1) is 9.77. The highest BCUT2D eigenvalue weighted by Crippen LogP contribution is 2.09. The molecule has 0 aliphatic rings. The maximum Gasteiger partial charge on any atom is 0.145 e. The fraction of sp³-hybridized carbons (Fsp3) is 0.250.